The number of benzene rings is 1. The summed E-state index contributed by atoms with van der Waals surface area (Å²) in [7, 11) is 1.24. The smallest absolute Gasteiger partial charge is 0.308 e. The van der Waals surface area contributed by atoms with Crippen LogP contribution < -0.4 is 4.74 Å². The Morgan fingerprint density at radius 2 is 2.11 bits per heavy atom. The highest BCUT2D eigenvalue weighted by molar-refractivity contribution is 5.69. The quantitative estimate of drug-likeness (QED) is 0.732. The predicted octanol–water partition coefficient (Wildman–Crippen LogP) is 1.43. The molecule has 0 aromatic heterocycles. The molecule has 5 nitrogen and oxygen atoms in total. The van der Waals surface area contributed by atoms with Gasteiger partial charge in [-0.25, -0.2) is 0 Å². The van der Waals surface area contributed by atoms with E-state index >= 15 is 0 Å². The Morgan fingerprint density at radius 1 is 1.37 bits per heavy atom. The van der Waals surface area contributed by atoms with Crippen LogP contribution in [-0.4, -0.2) is 36.0 Å². The molecule has 0 saturated heterocycles. The molecule has 1 aromatic carbocycles. The van der Waals surface area contributed by atoms with E-state index in [2.05, 4.69) is 4.74 Å². The number of ether oxygens (including phenoxy) is 2. The molecule has 0 radical (unpaired) electrons. The third kappa shape index (κ3) is 4.89. The predicted molar refractivity (Wildman–Crippen MR) is 69.8 cm³/mol. The zero-order valence-electron chi connectivity index (χ0n) is 11.2. The monoisotopic (exact) mass is 268 g/mol. The molecule has 19 heavy (non-hydrogen) atoms. The maximum absolute atomic E-state index is 11.0. The van der Waals surface area contributed by atoms with Gasteiger partial charge in [-0.05, 0) is 24.1 Å². The molecule has 0 saturated carbocycles. The lowest BCUT2D eigenvalue weighted by Gasteiger charge is -2.17. The van der Waals surface area contributed by atoms with Crippen LogP contribution in [0.3, 0.4) is 0 Å². The Kier molecular flexibility index (Phi) is 6.32. The van der Waals surface area contributed by atoms with Gasteiger partial charge in [0.05, 0.1) is 26.2 Å². The Bertz CT molecular complexity index is 405. The zero-order chi connectivity index (χ0) is 14.3. The third-order valence-corrected chi connectivity index (χ3v) is 2.64. The zero-order valence-corrected chi connectivity index (χ0v) is 11.2. The van der Waals surface area contributed by atoms with E-state index in [9.17, 15) is 15.0 Å². The van der Waals surface area contributed by atoms with Gasteiger partial charge in [0.1, 0.15) is 11.9 Å². The fourth-order valence-corrected chi connectivity index (χ4v) is 1.60. The largest absolute Gasteiger partial charge is 0.494 e. The third-order valence-electron chi connectivity index (χ3n) is 2.64. The first-order chi connectivity index (χ1) is 9.08. The molecule has 2 N–H and O–H groups in total. The van der Waals surface area contributed by atoms with E-state index < -0.39 is 18.2 Å². The van der Waals surface area contributed by atoms with Gasteiger partial charge in [-0.15, -0.1) is 0 Å². The van der Waals surface area contributed by atoms with Crippen molar-refractivity contribution in [3.05, 3.63) is 29.8 Å². The standard InChI is InChI=1S/C14H20O5/c1-3-7-19-11-6-4-5-10(8-11)14(17)12(15)9-13(16)18-2/h4-6,8,12,14-15,17H,3,7,9H2,1-2H3. The Balaban J connectivity index is 2.69. The summed E-state index contributed by atoms with van der Waals surface area (Å²) in [6, 6.07) is 6.83. The summed E-state index contributed by atoms with van der Waals surface area (Å²) in [5.74, 6) is 0.0635. The molecule has 5 heteroatoms. The van der Waals surface area contributed by atoms with Crippen molar-refractivity contribution in [2.24, 2.45) is 0 Å². The Morgan fingerprint density at radius 3 is 2.74 bits per heavy atom. The van der Waals surface area contributed by atoms with Crippen LogP contribution in [0.25, 0.3) is 0 Å². The lowest BCUT2D eigenvalue weighted by Crippen LogP contribution is -2.22. The van der Waals surface area contributed by atoms with Crippen molar-refractivity contribution in [1.29, 1.82) is 0 Å². The van der Waals surface area contributed by atoms with E-state index in [0.29, 0.717) is 17.9 Å². The highest BCUT2D eigenvalue weighted by Crippen LogP contribution is 2.23. The van der Waals surface area contributed by atoms with Crippen LogP contribution in [-0.2, 0) is 9.53 Å². The summed E-state index contributed by atoms with van der Waals surface area (Å²) < 4.78 is 9.89. The van der Waals surface area contributed by atoms with E-state index in [0.717, 1.165) is 6.42 Å². The molecule has 0 aliphatic heterocycles. The first-order valence-electron chi connectivity index (χ1n) is 6.24. The summed E-state index contributed by atoms with van der Waals surface area (Å²) in [6.45, 7) is 2.59. The van der Waals surface area contributed by atoms with E-state index in [1.54, 1.807) is 24.3 Å². The Labute approximate surface area is 112 Å². The van der Waals surface area contributed by atoms with E-state index in [1.165, 1.54) is 7.11 Å². The normalized spacial score (nSPS) is 13.7. The molecule has 0 aliphatic rings. The van der Waals surface area contributed by atoms with Gasteiger partial charge in [0.25, 0.3) is 0 Å². The minimum absolute atomic E-state index is 0.252. The van der Waals surface area contributed by atoms with Crippen LogP contribution in [0, 0.1) is 0 Å². The second kappa shape index (κ2) is 7.76. The molecule has 0 bridgehead atoms. The molecule has 2 atom stereocenters. The molecule has 0 spiro atoms. The molecule has 2 unspecified atom stereocenters. The van der Waals surface area contributed by atoms with Crippen LogP contribution in [0.1, 0.15) is 31.4 Å². The van der Waals surface area contributed by atoms with Crippen molar-refractivity contribution in [3.63, 3.8) is 0 Å². The number of methoxy groups -OCH3 is 1. The fourth-order valence-electron chi connectivity index (χ4n) is 1.60. The molecule has 0 amide bonds. The molecule has 0 heterocycles. The number of hydrogen-bond donors (Lipinski definition) is 2. The number of aliphatic hydroxyl groups excluding tert-OH is 2. The summed E-state index contributed by atoms with van der Waals surface area (Å²) in [6.07, 6.45) is -1.71. The highest BCUT2D eigenvalue weighted by atomic mass is 16.5. The van der Waals surface area contributed by atoms with E-state index in [1.807, 2.05) is 6.92 Å². The maximum Gasteiger partial charge on any atom is 0.308 e. The lowest BCUT2D eigenvalue weighted by atomic mass is 10.0. The molecule has 106 valence electrons. The number of aliphatic hydroxyl groups is 2. The van der Waals surface area contributed by atoms with Gasteiger partial charge in [-0.2, -0.15) is 0 Å². The minimum Gasteiger partial charge on any atom is -0.494 e. The SMILES string of the molecule is CCCOc1cccc(C(O)C(O)CC(=O)OC)c1. The number of carbonyl (C=O) groups is 1. The average molecular weight is 268 g/mol. The van der Waals surface area contributed by atoms with Crippen molar-refractivity contribution < 1.29 is 24.5 Å². The summed E-state index contributed by atoms with van der Waals surface area (Å²) in [5.41, 5.74) is 0.505. The topological polar surface area (TPSA) is 76.0 Å². The van der Waals surface area contributed by atoms with Crippen molar-refractivity contribution in [1.82, 2.24) is 0 Å². The summed E-state index contributed by atoms with van der Waals surface area (Å²) in [5, 5.41) is 19.7. The molecular formula is C14H20O5. The second-order valence-electron chi connectivity index (χ2n) is 4.21. The van der Waals surface area contributed by atoms with Crippen LogP contribution in [0.2, 0.25) is 0 Å². The number of rotatable bonds is 7. The first-order valence-corrected chi connectivity index (χ1v) is 6.24. The number of esters is 1. The van der Waals surface area contributed by atoms with Crippen LogP contribution >= 0.6 is 0 Å². The van der Waals surface area contributed by atoms with Gasteiger partial charge in [0.2, 0.25) is 0 Å². The number of hydrogen-bond acceptors (Lipinski definition) is 5. The molecular weight excluding hydrogens is 248 g/mol. The summed E-state index contributed by atoms with van der Waals surface area (Å²) in [4.78, 5) is 11.0. The first kappa shape index (κ1) is 15.5. The van der Waals surface area contributed by atoms with Gasteiger partial charge in [0, 0.05) is 0 Å². The molecule has 1 aromatic rings. The van der Waals surface area contributed by atoms with E-state index in [-0.39, 0.29) is 6.42 Å². The minimum atomic E-state index is -1.20. The second-order valence-corrected chi connectivity index (χ2v) is 4.21. The van der Waals surface area contributed by atoms with Gasteiger partial charge in [-0.1, -0.05) is 19.1 Å². The Hall–Kier alpha value is -1.59. The maximum atomic E-state index is 11.0. The average Bonchev–Trinajstić information content (AvgIpc) is 2.44. The van der Waals surface area contributed by atoms with E-state index in [4.69, 9.17) is 4.74 Å². The van der Waals surface area contributed by atoms with Crippen molar-refractivity contribution >= 4 is 5.97 Å². The summed E-state index contributed by atoms with van der Waals surface area (Å²) >= 11 is 0. The molecule has 1 rings (SSSR count). The molecule has 0 fully saturated rings. The fraction of sp³-hybridized carbons (Fsp3) is 0.500. The van der Waals surface area contributed by atoms with Gasteiger partial charge < -0.3 is 19.7 Å². The van der Waals surface area contributed by atoms with Crippen molar-refractivity contribution in [3.8, 4) is 5.75 Å². The van der Waals surface area contributed by atoms with Crippen LogP contribution in [0.15, 0.2) is 24.3 Å². The van der Waals surface area contributed by atoms with Gasteiger partial charge in [-0.3, -0.25) is 4.79 Å². The lowest BCUT2D eigenvalue weighted by molar-refractivity contribution is -0.144. The number of carbonyl (C=O) groups excluding carboxylic acids is 1. The van der Waals surface area contributed by atoms with Gasteiger partial charge >= 0.3 is 5.97 Å². The van der Waals surface area contributed by atoms with Crippen LogP contribution in [0.5, 0.6) is 5.75 Å². The molecule has 0 aliphatic carbocycles. The highest BCUT2D eigenvalue weighted by Gasteiger charge is 2.22. The van der Waals surface area contributed by atoms with Crippen molar-refractivity contribution in [2.45, 2.75) is 32.0 Å². The van der Waals surface area contributed by atoms with Crippen LogP contribution in [0.4, 0.5) is 0 Å². The van der Waals surface area contributed by atoms with Crippen molar-refractivity contribution in [2.75, 3.05) is 13.7 Å². The van der Waals surface area contributed by atoms with Gasteiger partial charge in [0.15, 0.2) is 0 Å².